The fourth-order valence-electron chi connectivity index (χ4n) is 5.35. The summed E-state index contributed by atoms with van der Waals surface area (Å²) in [5, 5.41) is 10.5. The quantitative estimate of drug-likeness (QED) is 0.666. The molecule has 2 unspecified atom stereocenters. The van der Waals surface area contributed by atoms with E-state index < -0.39 is 17.8 Å². The molecule has 0 radical (unpaired) electrons. The Labute approximate surface area is 193 Å². The van der Waals surface area contributed by atoms with Crippen molar-refractivity contribution in [2.24, 2.45) is 5.41 Å². The van der Waals surface area contributed by atoms with Crippen LogP contribution >= 0.6 is 0 Å². The maximum Gasteiger partial charge on any atom is 0.416 e. The first-order valence-corrected chi connectivity index (χ1v) is 11.8. The highest BCUT2D eigenvalue weighted by Gasteiger charge is 2.51. The van der Waals surface area contributed by atoms with E-state index in [-0.39, 0.29) is 23.5 Å². The standard InChI is InChI=1S/C24H34F3N3O3/c1-17-22(32)30(13-12-29(17)19-5-3-4-18(14-19)24(25,26)27)20(16-33-2)6-10-28-11-9-23(7-8-23)21(31)15-28/h3-5,14,17,20-21,31H,6-13,15-16H2,1-2H3/t17?,20?,21-/m1/s1. The van der Waals surface area contributed by atoms with Crippen LogP contribution in [0.1, 0.15) is 38.2 Å². The number of anilines is 1. The Hall–Kier alpha value is -1.84. The monoisotopic (exact) mass is 469 g/mol. The van der Waals surface area contributed by atoms with E-state index in [0.29, 0.717) is 31.9 Å². The topological polar surface area (TPSA) is 56.3 Å². The van der Waals surface area contributed by atoms with Gasteiger partial charge in [0.25, 0.3) is 0 Å². The SMILES string of the molecule is COCC(CCN1CCC2(CC2)[C@H](O)C1)N1CCN(c2cccc(C(F)(F)F)c2)C(C)C1=O. The zero-order valence-corrected chi connectivity index (χ0v) is 19.4. The van der Waals surface area contributed by atoms with E-state index in [9.17, 15) is 23.1 Å². The lowest BCUT2D eigenvalue weighted by molar-refractivity contribution is -0.138. The third kappa shape index (κ3) is 5.15. The van der Waals surface area contributed by atoms with Crippen molar-refractivity contribution >= 4 is 11.6 Å². The minimum atomic E-state index is -4.42. The predicted molar refractivity (Wildman–Crippen MR) is 119 cm³/mol. The van der Waals surface area contributed by atoms with Gasteiger partial charge in [0.1, 0.15) is 6.04 Å². The number of hydrogen-bond donors (Lipinski definition) is 1. The molecule has 2 heterocycles. The van der Waals surface area contributed by atoms with Gasteiger partial charge in [-0.1, -0.05) is 6.07 Å². The molecule has 0 aromatic heterocycles. The van der Waals surface area contributed by atoms with Crippen molar-refractivity contribution in [2.75, 3.05) is 51.3 Å². The van der Waals surface area contributed by atoms with Gasteiger partial charge in [-0.15, -0.1) is 0 Å². The fourth-order valence-corrected chi connectivity index (χ4v) is 5.35. The Morgan fingerprint density at radius 2 is 1.97 bits per heavy atom. The second-order valence-electron chi connectivity index (χ2n) is 9.78. The summed E-state index contributed by atoms with van der Waals surface area (Å²) < 4.78 is 44.8. The van der Waals surface area contributed by atoms with Crippen molar-refractivity contribution in [1.29, 1.82) is 0 Å². The van der Waals surface area contributed by atoms with Crippen LogP contribution in [0.4, 0.5) is 18.9 Å². The van der Waals surface area contributed by atoms with Crippen LogP contribution in [0, 0.1) is 5.41 Å². The Kier molecular flexibility index (Phi) is 6.94. The van der Waals surface area contributed by atoms with Crippen molar-refractivity contribution in [1.82, 2.24) is 9.80 Å². The zero-order chi connectivity index (χ0) is 23.8. The molecule has 4 rings (SSSR count). The Morgan fingerprint density at radius 3 is 2.61 bits per heavy atom. The largest absolute Gasteiger partial charge is 0.416 e. The number of hydrogen-bond acceptors (Lipinski definition) is 5. The summed E-state index contributed by atoms with van der Waals surface area (Å²) in [5.74, 6) is -0.101. The number of aliphatic hydroxyl groups excluding tert-OH is 1. The number of ether oxygens (including phenoxy) is 1. The number of nitrogens with zero attached hydrogens (tertiary/aromatic N) is 3. The molecule has 3 aliphatic rings. The number of amides is 1. The van der Waals surface area contributed by atoms with Crippen LogP contribution < -0.4 is 4.90 Å². The Morgan fingerprint density at radius 1 is 1.21 bits per heavy atom. The summed E-state index contributed by atoms with van der Waals surface area (Å²) in [6, 6.07) is 4.49. The van der Waals surface area contributed by atoms with Crippen LogP contribution in [0.25, 0.3) is 0 Å². The second kappa shape index (κ2) is 9.43. The lowest BCUT2D eigenvalue weighted by atomic mass is 9.90. The highest BCUT2D eigenvalue weighted by molar-refractivity contribution is 5.86. The molecule has 3 atom stereocenters. The minimum Gasteiger partial charge on any atom is -0.391 e. The van der Waals surface area contributed by atoms with Crippen LogP contribution in [-0.4, -0.2) is 85.4 Å². The van der Waals surface area contributed by atoms with Gasteiger partial charge in [0.05, 0.1) is 24.3 Å². The van der Waals surface area contributed by atoms with Crippen molar-refractivity contribution in [3.05, 3.63) is 29.8 Å². The van der Waals surface area contributed by atoms with E-state index in [1.807, 2.05) is 4.90 Å². The minimum absolute atomic E-state index is 0.101. The number of benzene rings is 1. The first kappa shape index (κ1) is 24.3. The summed E-state index contributed by atoms with van der Waals surface area (Å²) in [6.07, 6.45) is -0.696. The van der Waals surface area contributed by atoms with Crippen LogP contribution in [-0.2, 0) is 15.7 Å². The number of methoxy groups -OCH3 is 1. The van der Waals surface area contributed by atoms with Crippen molar-refractivity contribution in [3.8, 4) is 0 Å². The Balaban J connectivity index is 1.38. The molecular formula is C24H34F3N3O3. The Bertz CT molecular complexity index is 846. The maximum atomic E-state index is 13.3. The number of piperazine rings is 1. The number of carbonyl (C=O) groups excluding carboxylic acids is 1. The maximum absolute atomic E-state index is 13.3. The number of β-amino-alcohol motifs (C(OH)–C–C–N with tert-alkyl or cyclic N) is 1. The number of aliphatic hydroxyl groups is 1. The van der Waals surface area contributed by atoms with E-state index >= 15 is 0 Å². The molecule has 1 aromatic carbocycles. The van der Waals surface area contributed by atoms with Gasteiger partial charge < -0.3 is 24.5 Å². The number of halogens is 3. The van der Waals surface area contributed by atoms with Crippen LogP contribution in [0.15, 0.2) is 24.3 Å². The highest BCUT2D eigenvalue weighted by Crippen LogP contribution is 2.53. The third-order valence-corrected chi connectivity index (χ3v) is 7.73. The van der Waals surface area contributed by atoms with Gasteiger partial charge in [-0.2, -0.15) is 13.2 Å². The first-order chi connectivity index (χ1) is 15.6. The molecule has 1 saturated carbocycles. The molecule has 1 aliphatic carbocycles. The molecule has 6 nitrogen and oxygen atoms in total. The molecule has 1 aromatic rings. The van der Waals surface area contributed by atoms with Gasteiger partial charge in [-0.25, -0.2) is 0 Å². The zero-order valence-electron chi connectivity index (χ0n) is 19.4. The van der Waals surface area contributed by atoms with Crippen molar-refractivity contribution in [3.63, 3.8) is 0 Å². The summed E-state index contributed by atoms with van der Waals surface area (Å²) in [4.78, 5) is 19.1. The summed E-state index contributed by atoms with van der Waals surface area (Å²) in [7, 11) is 1.61. The second-order valence-corrected chi connectivity index (χ2v) is 9.78. The van der Waals surface area contributed by atoms with Gasteiger partial charge >= 0.3 is 6.18 Å². The van der Waals surface area contributed by atoms with Crippen molar-refractivity contribution < 1.29 is 27.8 Å². The van der Waals surface area contributed by atoms with Gasteiger partial charge in [0.15, 0.2) is 0 Å². The molecule has 33 heavy (non-hydrogen) atoms. The smallest absolute Gasteiger partial charge is 0.391 e. The molecule has 184 valence electrons. The molecular weight excluding hydrogens is 435 g/mol. The van der Waals surface area contributed by atoms with Crippen LogP contribution in [0.5, 0.6) is 0 Å². The number of alkyl halides is 3. The average Bonchev–Trinajstić information content (AvgIpc) is 3.56. The van der Waals surface area contributed by atoms with E-state index in [4.69, 9.17) is 4.74 Å². The lowest BCUT2D eigenvalue weighted by Crippen LogP contribution is -2.60. The fraction of sp³-hybridized carbons (Fsp3) is 0.708. The van der Waals surface area contributed by atoms with Crippen LogP contribution in [0.2, 0.25) is 0 Å². The van der Waals surface area contributed by atoms with Crippen LogP contribution in [0.3, 0.4) is 0 Å². The predicted octanol–water partition coefficient (Wildman–Crippen LogP) is 2.99. The van der Waals surface area contributed by atoms with E-state index in [2.05, 4.69) is 4.90 Å². The van der Waals surface area contributed by atoms with Gasteiger partial charge in [0.2, 0.25) is 5.91 Å². The molecule has 1 amide bonds. The average molecular weight is 470 g/mol. The lowest BCUT2D eigenvalue weighted by Gasteiger charge is -2.44. The van der Waals surface area contributed by atoms with Crippen molar-refractivity contribution in [2.45, 2.75) is 57.0 Å². The summed E-state index contributed by atoms with van der Waals surface area (Å²) in [5.41, 5.74) is -0.144. The van der Waals surface area contributed by atoms with Gasteiger partial charge in [-0.3, -0.25) is 4.79 Å². The molecule has 1 N–H and O–H groups in total. The number of rotatable bonds is 7. The molecule has 3 fully saturated rings. The highest BCUT2D eigenvalue weighted by atomic mass is 19.4. The van der Waals surface area contributed by atoms with E-state index in [0.717, 1.165) is 50.9 Å². The first-order valence-electron chi connectivity index (χ1n) is 11.8. The van der Waals surface area contributed by atoms with Gasteiger partial charge in [0, 0.05) is 39.0 Å². The normalized spacial score (nSPS) is 26.7. The third-order valence-electron chi connectivity index (χ3n) is 7.73. The molecule has 1 spiro atoms. The summed E-state index contributed by atoms with van der Waals surface area (Å²) >= 11 is 0. The number of carbonyl (C=O) groups is 1. The number of piperidine rings is 1. The number of likely N-dealkylation sites (tertiary alicyclic amines) is 1. The molecule has 0 bridgehead atoms. The molecule has 2 aliphatic heterocycles. The molecule has 2 saturated heterocycles. The van der Waals surface area contributed by atoms with Gasteiger partial charge in [-0.05, 0) is 62.8 Å². The molecule has 9 heteroatoms. The van der Waals surface area contributed by atoms with E-state index in [1.54, 1.807) is 25.0 Å². The van der Waals surface area contributed by atoms with E-state index in [1.165, 1.54) is 6.07 Å². The summed E-state index contributed by atoms with van der Waals surface area (Å²) in [6.45, 7) is 5.45.